The maximum atomic E-state index is 7.07. The molecule has 0 aromatic heterocycles. The van der Waals surface area contributed by atoms with Crippen LogP contribution in [0.5, 0.6) is 5.75 Å². The average Bonchev–Trinajstić information content (AvgIpc) is 2.30. The van der Waals surface area contributed by atoms with Gasteiger partial charge < -0.3 is 20.8 Å². The van der Waals surface area contributed by atoms with E-state index in [0.29, 0.717) is 0 Å². The maximum Gasteiger partial charge on any atom is 0.142 e. The van der Waals surface area contributed by atoms with Crippen molar-refractivity contribution < 1.29 is 4.74 Å². The van der Waals surface area contributed by atoms with Crippen LogP contribution in [-0.4, -0.2) is 26.4 Å². The van der Waals surface area contributed by atoms with E-state index < -0.39 is 0 Å². The molecule has 16 heavy (non-hydrogen) atoms. The van der Waals surface area contributed by atoms with Gasteiger partial charge >= 0.3 is 0 Å². The molecular formula is C12H19N3O. The SMILES string of the molecule is CCN(CCC=N)c1cc(N)ccc1OC. The number of nitrogens with two attached hydrogens (primary N) is 1. The molecule has 0 heterocycles. The summed E-state index contributed by atoms with van der Waals surface area (Å²) in [6.07, 6.45) is 2.15. The highest BCUT2D eigenvalue weighted by atomic mass is 16.5. The van der Waals surface area contributed by atoms with Gasteiger partial charge in [0.25, 0.3) is 0 Å². The second kappa shape index (κ2) is 6.00. The van der Waals surface area contributed by atoms with Crippen LogP contribution in [0.1, 0.15) is 13.3 Å². The van der Waals surface area contributed by atoms with Crippen molar-refractivity contribution in [3.8, 4) is 5.75 Å². The first-order valence-corrected chi connectivity index (χ1v) is 5.40. The van der Waals surface area contributed by atoms with Crippen LogP contribution in [0.3, 0.4) is 0 Å². The predicted octanol–water partition coefficient (Wildman–Crippen LogP) is 2.14. The van der Waals surface area contributed by atoms with Gasteiger partial charge in [-0.1, -0.05) is 0 Å². The molecule has 0 saturated heterocycles. The van der Waals surface area contributed by atoms with Crippen molar-refractivity contribution in [3.05, 3.63) is 18.2 Å². The maximum absolute atomic E-state index is 7.07. The van der Waals surface area contributed by atoms with Crippen LogP contribution in [-0.2, 0) is 0 Å². The lowest BCUT2D eigenvalue weighted by Gasteiger charge is -2.24. The molecule has 0 aliphatic carbocycles. The zero-order chi connectivity index (χ0) is 12.0. The fraction of sp³-hybridized carbons (Fsp3) is 0.417. The summed E-state index contributed by atoms with van der Waals surface area (Å²) in [6, 6.07) is 5.61. The largest absolute Gasteiger partial charge is 0.495 e. The van der Waals surface area contributed by atoms with Gasteiger partial charge in [-0.2, -0.15) is 0 Å². The topological polar surface area (TPSA) is 62.3 Å². The Balaban J connectivity index is 2.96. The summed E-state index contributed by atoms with van der Waals surface area (Å²) in [6.45, 7) is 3.75. The standard InChI is InChI=1S/C12H19N3O/c1-3-15(8-4-7-13)11-9-10(14)5-6-12(11)16-2/h5-7,9,13H,3-4,8,14H2,1-2H3. The van der Waals surface area contributed by atoms with Gasteiger partial charge in [0.1, 0.15) is 5.75 Å². The molecule has 0 unspecified atom stereocenters. The summed E-state index contributed by atoms with van der Waals surface area (Å²) >= 11 is 0. The molecule has 4 heteroatoms. The van der Waals surface area contributed by atoms with Crippen LogP contribution in [0.4, 0.5) is 11.4 Å². The molecule has 1 aromatic carbocycles. The van der Waals surface area contributed by atoms with Gasteiger partial charge in [0.15, 0.2) is 0 Å². The fourth-order valence-corrected chi connectivity index (χ4v) is 1.62. The minimum absolute atomic E-state index is 0.726. The lowest BCUT2D eigenvalue weighted by atomic mass is 10.2. The van der Waals surface area contributed by atoms with Gasteiger partial charge in [-0.15, -0.1) is 0 Å². The van der Waals surface area contributed by atoms with Gasteiger partial charge in [0, 0.05) is 18.8 Å². The van der Waals surface area contributed by atoms with E-state index in [1.807, 2.05) is 18.2 Å². The first-order chi connectivity index (χ1) is 7.72. The van der Waals surface area contributed by atoms with Crippen molar-refractivity contribution in [2.75, 3.05) is 30.8 Å². The second-order valence-electron chi connectivity index (χ2n) is 3.50. The lowest BCUT2D eigenvalue weighted by Crippen LogP contribution is -2.24. The number of nitrogens with zero attached hydrogens (tertiary/aromatic N) is 1. The minimum atomic E-state index is 0.726. The Morgan fingerprint density at radius 2 is 2.25 bits per heavy atom. The van der Waals surface area contributed by atoms with Gasteiger partial charge in [0.2, 0.25) is 0 Å². The number of rotatable bonds is 6. The zero-order valence-corrected chi connectivity index (χ0v) is 9.86. The van der Waals surface area contributed by atoms with Gasteiger partial charge in [-0.05, 0) is 37.8 Å². The van der Waals surface area contributed by atoms with Crippen LogP contribution in [0, 0.1) is 5.41 Å². The van der Waals surface area contributed by atoms with E-state index >= 15 is 0 Å². The van der Waals surface area contributed by atoms with Gasteiger partial charge in [-0.3, -0.25) is 0 Å². The Hall–Kier alpha value is -1.71. The monoisotopic (exact) mass is 221 g/mol. The Bertz CT molecular complexity index is 352. The molecule has 1 aromatic rings. The van der Waals surface area contributed by atoms with E-state index in [2.05, 4.69) is 11.8 Å². The van der Waals surface area contributed by atoms with Crippen molar-refractivity contribution in [2.24, 2.45) is 0 Å². The Morgan fingerprint density at radius 1 is 1.50 bits per heavy atom. The Labute approximate surface area is 96.5 Å². The molecule has 0 spiro atoms. The summed E-state index contributed by atoms with van der Waals surface area (Å²) in [5.74, 6) is 0.820. The summed E-state index contributed by atoms with van der Waals surface area (Å²) < 4.78 is 5.31. The quantitative estimate of drug-likeness (QED) is 0.571. The molecule has 0 fully saturated rings. The number of nitrogen functional groups attached to an aromatic ring is 1. The molecule has 1 rings (SSSR count). The Morgan fingerprint density at radius 3 is 2.81 bits per heavy atom. The van der Waals surface area contributed by atoms with E-state index in [0.717, 1.165) is 36.6 Å². The van der Waals surface area contributed by atoms with Gasteiger partial charge in [0.05, 0.1) is 12.8 Å². The molecule has 88 valence electrons. The molecule has 3 N–H and O–H groups in total. The highest BCUT2D eigenvalue weighted by molar-refractivity contribution is 5.65. The second-order valence-corrected chi connectivity index (χ2v) is 3.50. The minimum Gasteiger partial charge on any atom is -0.495 e. The molecule has 0 radical (unpaired) electrons. The molecule has 0 amide bonds. The molecule has 0 bridgehead atoms. The number of hydrogen-bond donors (Lipinski definition) is 2. The highest BCUT2D eigenvalue weighted by Crippen LogP contribution is 2.30. The van der Waals surface area contributed by atoms with E-state index in [1.54, 1.807) is 7.11 Å². The van der Waals surface area contributed by atoms with E-state index in [4.69, 9.17) is 15.9 Å². The molecule has 0 saturated carbocycles. The van der Waals surface area contributed by atoms with Gasteiger partial charge in [-0.25, -0.2) is 0 Å². The summed E-state index contributed by atoms with van der Waals surface area (Å²) in [7, 11) is 1.65. The number of methoxy groups -OCH3 is 1. The van der Waals surface area contributed by atoms with Crippen LogP contribution in [0.15, 0.2) is 18.2 Å². The smallest absolute Gasteiger partial charge is 0.142 e. The van der Waals surface area contributed by atoms with E-state index in [1.165, 1.54) is 6.21 Å². The summed E-state index contributed by atoms with van der Waals surface area (Å²) in [5, 5.41) is 7.07. The van der Waals surface area contributed by atoms with Crippen molar-refractivity contribution in [1.29, 1.82) is 5.41 Å². The van der Waals surface area contributed by atoms with Crippen LogP contribution in [0.2, 0.25) is 0 Å². The third-order valence-corrected chi connectivity index (χ3v) is 2.47. The fourth-order valence-electron chi connectivity index (χ4n) is 1.62. The van der Waals surface area contributed by atoms with E-state index in [-0.39, 0.29) is 0 Å². The summed E-state index contributed by atoms with van der Waals surface area (Å²) in [5.41, 5.74) is 7.49. The molecule has 0 aliphatic heterocycles. The number of benzene rings is 1. The predicted molar refractivity (Wildman–Crippen MR) is 68.7 cm³/mol. The zero-order valence-electron chi connectivity index (χ0n) is 9.86. The number of nitrogens with one attached hydrogen (secondary N) is 1. The molecule has 0 aliphatic rings. The van der Waals surface area contributed by atoms with Crippen LogP contribution >= 0.6 is 0 Å². The average molecular weight is 221 g/mol. The third kappa shape index (κ3) is 2.89. The molecule has 4 nitrogen and oxygen atoms in total. The Kier molecular flexibility index (Phi) is 4.64. The van der Waals surface area contributed by atoms with Crippen molar-refractivity contribution in [3.63, 3.8) is 0 Å². The number of hydrogen-bond acceptors (Lipinski definition) is 4. The van der Waals surface area contributed by atoms with Crippen LogP contribution in [0.25, 0.3) is 0 Å². The normalized spacial score (nSPS) is 9.88. The number of anilines is 2. The lowest BCUT2D eigenvalue weighted by molar-refractivity contribution is 0.414. The molecule has 0 atom stereocenters. The van der Waals surface area contributed by atoms with Crippen molar-refractivity contribution in [1.82, 2.24) is 0 Å². The first-order valence-electron chi connectivity index (χ1n) is 5.40. The van der Waals surface area contributed by atoms with E-state index in [9.17, 15) is 0 Å². The highest BCUT2D eigenvalue weighted by Gasteiger charge is 2.10. The van der Waals surface area contributed by atoms with Crippen molar-refractivity contribution >= 4 is 17.6 Å². The van der Waals surface area contributed by atoms with Crippen LogP contribution < -0.4 is 15.4 Å². The third-order valence-electron chi connectivity index (χ3n) is 2.47. The van der Waals surface area contributed by atoms with Crippen molar-refractivity contribution in [2.45, 2.75) is 13.3 Å². The first kappa shape index (κ1) is 12.4. The summed E-state index contributed by atoms with van der Waals surface area (Å²) in [4.78, 5) is 2.15. The number of ether oxygens (including phenoxy) is 1. The molecular weight excluding hydrogens is 202 g/mol.